The van der Waals surface area contributed by atoms with Gasteiger partial charge in [0.2, 0.25) is 0 Å². The topological polar surface area (TPSA) is 3.24 Å². The van der Waals surface area contributed by atoms with Crippen molar-refractivity contribution in [1.29, 1.82) is 0 Å². The summed E-state index contributed by atoms with van der Waals surface area (Å²) in [4.78, 5) is 2.14. The van der Waals surface area contributed by atoms with Crippen LogP contribution < -0.4 is 0 Å². The van der Waals surface area contributed by atoms with Crippen LogP contribution in [-0.2, 0) is 0 Å². The Balaban J connectivity index is 2.61. The van der Waals surface area contributed by atoms with E-state index in [4.69, 9.17) is 0 Å². The van der Waals surface area contributed by atoms with Crippen LogP contribution in [0, 0.1) is 5.92 Å². The second-order valence-corrected chi connectivity index (χ2v) is 3.13. The van der Waals surface area contributed by atoms with E-state index in [1.807, 2.05) is 6.08 Å². The number of hydrogen-bond donors (Lipinski definition) is 0. The number of allylic oxidation sites excluding steroid dienone is 1. The van der Waals surface area contributed by atoms with Crippen LogP contribution in [0.1, 0.15) is 6.92 Å². The standard InChI is InChI=1S/C10H14N/c1-9-4-6-10(7-5-9)8-11(2)3/h4-6H,8H2,1-3H3. The highest BCUT2D eigenvalue weighted by Gasteiger charge is 1.99. The molecular weight excluding hydrogens is 134 g/mol. The Kier molecular flexibility index (Phi) is 2.70. The lowest BCUT2D eigenvalue weighted by atomic mass is 10.1. The second-order valence-electron chi connectivity index (χ2n) is 3.13. The van der Waals surface area contributed by atoms with E-state index in [2.05, 4.69) is 43.8 Å². The van der Waals surface area contributed by atoms with E-state index < -0.39 is 0 Å². The first-order chi connectivity index (χ1) is 5.18. The van der Waals surface area contributed by atoms with Crippen LogP contribution in [0.2, 0.25) is 0 Å². The lowest BCUT2D eigenvalue weighted by Gasteiger charge is -2.10. The van der Waals surface area contributed by atoms with Gasteiger partial charge in [0.15, 0.2) is 0 Å². The molecule has 0 spiro atoms. The van der Waals surface area contributed by atoms with Gasteiger partial charge >= 0.3 is 0 Å². The van der Waals surface area contributed by atoms with Crippen molar-refractivity contribution >= 4 is 0 Å². The fourth-order valence-corrected chi connectivity index (χ4v) is 0.974. The van der Waals surface area contributed by atoms with Crippen molar-refractivity contribution in [3.8, 4) is 0 Å². The minimum absolute atomic E-state index is 0.972. The van der Waals surface area contributed by atoms with Gasteiger partial charge in [-0.2, -0.15) is 0 Å². The van der Waals surface area contributed by atoms with Crippen molar-refractivity contribution in [2.24, 2.45) is 0 Å². The SMILES string of the molecule is C[C]1C=C=C(CN(C)C)C=C1. The van der Waals surface area contributed by atoms with Gasteiger partial charge in [-0.05, 0) is 20.2 Å². The zero-order valence-corrected chi connectivity index (χ0v) is 7.39. The molecule has 0 saturated heterocycles. The van der Waals surface area contributed by atoms with E-state index in [0.29, 0.717) is 0 Å². The van der Waals surface area contributed by atoms with Gasteiger partial charge in [0.05, 0.1) is 0 Å². The molecule has 0 amide bonds. The molecule has 0 N–H and O–H groups in total. The van der Waals surface area contributed by atoms with Gasteiger partial charge in [-0.3, -0.25) is 0 Å². The van der Waals surface area contributed by atoms with E-state index in [1.54, 1.807) is 0 Å². The molecule has 0 aromatic heterocycles. The molecule has 0 aromatic carbocycles. The van der Waals surface area contributed by atoms with Gasteiger partial charge < -0.3 is 4.90 Å². The summed E-state index contributed by atoms with van der Waals surface area (Å²) in [5.41, 5.74) is 4.48. The molecule has 11 heavy (non-hydrogen) atoms. The van der Waals surface area contributed by atoms with Gasteiger partial charge in [0, 0.05) is 18.0 Å². The molecule has 0 heterocycles. The maximum Gasteiger partial charge on any atom is 0.0300 e. The lowest BCUT2D eigenvalue weighted by molar-refractivity contribution is 0.449. The first kappa shape index (κ1) is 8.32. The van der Waals surface area contributed by atoms with Crippen molar-refractivity contribution in [2.45, 2.75) is 6.92 Å². The molecular formula is C10H14N. The van der Waals surface area contributed by atoms with Crippen LogP contribution >= 0.6 is 0 Å². The Bertz CT molecular complexity index is 217. The molecule has 1 nitrogen and oxygen atoms in total. The van der Waals surface area contributed by atoms with E-state index in [1.165, 1.54) is 11.5 Å². The van der Waals surface area contributed by atoms with Gasteiger partial charge in [0.25, 0.3) is 0 Å². The molecule has 0 saturated carbocycles. The van der Waals surface area contributed by atoms with Crippen LogP contribution in [0.4, 0.5) is 0 Å². The number of hydrogen-bond acceptors (Lipinski definition) is 1. The van der Waals surface area contributed by atoms with Gasteiger partial charge in [-0.15, -0.1) is 5.73 Å². The number of nitrogens with zero attached hydrogens (tertiary/aromatic N) is 1. The fraction of sp³-hybridized carbons (Fsp3) is 0.400. The van der Waals surface area contributed by atoms with Crippen molar-refractivity contribution in [3.05, 3.63) is 35.5 Å². The average molecular weight is 148 g/mol. The zero-order chi connectivity index (χ0) is 8.27. The van der Waals surface area contributed by atoms with Gasteiger partial charge in [-0.1, -0.05) is 19.1 Å². The van der Waals surface area contributed by atoms with E-state index in [9.17, 15) is 0 Å². The van der Waals surface area contributed by atoms with Gasteiger partial charge in [0.1, 0.15) is 0 Å². The Morgan fingerprint density at radius 3 is 2.55 bits per heavy atom. The minimum atomic E-state index is 0.972. The normalized spacial score (nSPS) is 17.6. The smallest absolute Gasteiger partial charge is 0.0300 e. The second kappa shape index (κ2) is 3.56. The maximum atomic E-state index is 3.23. The molecule has 1 aliphatic carbocycles. The molecule has 0 unspecified atom stereocenters. The highest BCUT2D eigenvalue weighted by atomic mass is 15.0. The van der Waals surface area contributed by atoms with Crippen molar-refractivity contribution in [1.82, 2.24) is 4.90 Å². The summed E-state index contributed by atoms with van der Waals surface area (Å²) in [7, 11) is 4.13. The summed E-state index contributed by atoms with van der Waals surface area (Å²) in [6, 6.07) is 0. The van der Waals surface area contributed by atoms with E-state index in [-0.39, 0.29) is 0 Å². The Morgan fingerprint density at radius 2 is 2.09 bits per heavy atom. The molecule has 1 rings (SSSR count). The predicted octanol–water partition coefficient (Wildman–Crippen LogP) is 1.79. The third-order valence-electron chi connectivity index (χ3n) is 1.52. The van der Waals surface area contributed by atoms with Crippen molar-refractivity contribution in [2.75, 3.05) is 20.6 Å². The first-order valence-corrected chi connectivity index (χ1v) is 3.80. The van der Waals surface area contributed by atoms with Crippen LogP contribution in [-0.4, -0.2) is 25.5 Å². The maximum absolute atomic E-state index is 3.23. The third kappa shape index (κ3) is 2.75. The fourth-order valence-electron chi connectivity index (χ4n) is 0.974. The molecule has 59 valence electrons. The van der Waals surface area contributed by atoms with Crippen LogP contribution in [0.25, 0.3) is 0 Å². The molecule has 0 aliphatic heterocycles. The average Bonchev–Trinajstić information content (AvgIpc) is 1.93. The van der Waals surface area contributed by atoms with Crippen LogP contribution in [0.15, 0.2) is 29.5 Å². The highest BCUT2D eigenvalue weighted by Crippen LogP contribution is 2.10. The van der Waals surface area contributed by atoms with E-state index >= 15 is 0 Å². The lowest BCUT2D eigenvalue weighted by Crippen LogP contribution is -2.14. The summed E-state index contributed by atoms with van der Waals surface area (Å²) < 4.78 is 0. The molecule has 1 radical (unpaired) electrons. The molecule has 0 bridgehead atoms. The Hall–Kier alpha value is -0.780. The zero-order valence-electron chi connectivity index (χ0n) is 7.39. The molecule has 1 aliphatic rings. The predicted molar refractivity (Wildman–Crippen MR) is 48.2 cm³/mol. The highest BCUT2D eigenvalue weighted by molar-refractivity contribution is 5.34. The summed E-state index contributed by atoms with van der Waals surface area (Å²) in [6.07, 6.45) is 6.27. The monoisotopic (exact) mass is 148 g/mol. The molecule has 0 atom stereocenters. The van der Waals surface area contributed by atoms with Crippen LogP contribution in [0.3, 0.4) is 0 Å². The Labute approximate surface area is 68.7 Å². The minimum Gasteiger partial charge on any atom is -0.305 e. The molecule has 0 aromatic rings. The first-order valence-electron chi connectivity index (χ1n) is 3.80. The van der Waals surface area contributed by atoms with Crippen molar-refractivity contribution in [3.63, 3.8) is 0 Å². The summed E-state index contributed by atoms with van der Waals surface area (Å²) in [5, 5.41) is 0. The third-order valence-corrected chi connectivity index (χ3v) is 1.52. The molecule has 1 heteroatoms. The summed E-state index contributed by atoms with van der Waals surface area (Å²) >= 11 is 0. The number of rotatable bonds is 2. The Morgan fingerprint density at radius 1 is 1.36 bits per heavy atom. The number of likely N-dealkylation sites (N-methyl/N-ethyl adjacent to an activating group) is 1. The summed E-state index contributed by atoms with van der Waals surface area (Å²) in [6.45, 7) is 3.05. The van der Waals surface area contributed by atoms with E-state index in [0.717, 1.165) is 6.54 Å². The van der Waals surface area contributed by atoms with Crippen molar-refractivity contribution < 1.29 is 0 Å². The quantitative estimate of drug-likeness (QED) is 0.540. The summed E-state index contributed by atoms with van der Waals surface area (Å²) in [5.74, 6) is 1.27. The van der Waals surface area contributed by atoms with Gasteiger partial charge in [-0.25, -0.2) is 0 Å². The van der Waals surface area contributed by atoms with Crippen LogP contribution in [0.5, 0.6) is 0 Å². The largest absolute Gasteiger partial charge is 0.305 e. The molecule has 0 fully saturated rings.